The van der Waals surface area contributed by atoms with Gasteiger partial charge in [0.15, 0.2) is 0 Å². The lowest BCUT2D eigenvalue weighted by Crippen LogP contribution is -2.49. The van der Waals surface area contributed by atoms with Gasteiger partial charge in [0.25, 0.3) is 5.91 Å². The van der Waals surface area contributed by atoms with Crippen LogP contribution in [0.25, 0.3) is 0 Å². The van der Waals surface area contributed by atoms with Crippen LogP contribution in [0.5, 0.6) is 11.5 Å². The highest BCUT2D eigenvalue weighted by molar-refractivity contribution is 5.94. The van der Waals surface area contributed by atoms with Crippen molar-refractivity contribution < 1.29 is 19.0 Å². The SMILES string of the molecule is COc1cccc(C(=O)N2CCN(C[C@@H](OCc3ccc(C#N)cc3)c3cccc(OC)c3)CC2)c1. The number of carbonyl (C=O) groups excluding carboxylic acids is 1. The predicted octanol–water partition coefficient (Wildman–Crippen LogP) is 4.29. The van der Waals surface area contributed by atoms with E-state index in [0.29, 0.717) is 43.1 Å². The standard InChI is InChI=1S/C29H31N3O4/c1-34-26-7-3-5-24(17-26)28(36-21-23-11-9-22(19-30)10-12-23)20-31-13-15-32(16-14-31)29(33)25-6-4-8-27(18-25)35-2/h3-12,17-18,28H,13-16,20-21H2,1-2H3/t28-/m1/s1. The van der Waals surface area contributed by atoms with E-state index < -0.39 is 0 Å². The Morgan fingerprint density at radius 2 is 1.58 bits per heavy atom. The molecule has 1 aliphatic rings. The number of hydrogen-bond acceptors (Lipinski definition) is 6. The fourth-order valence-electron chi connectivity index (χ4n) is 4.28. The Morgan fingerprint density at radius 1 is 0.917 bits per heavy atom. The van der Waals surface area contributed by atoms with Gasteiger partial charge in [-0.1, -0.05) is 30.3 Å². The van der Waals surface area contributed by atoms with Crippen LogP contribution in [-0.4, -0.2) is 62.7 Å². The zero-order valence-corrected chi connectivity index (χ0v) is 20.7. The Hall–Kier alpha value is -3.86. The molecule has 7 nitrogen and oxygen atoms in total. The third-order valence-electron chi connectivity index (χ3n) is 6.40. The van der Waals surface area contributed by atoms with Gasteiger partial charge in [0.2, 0.25) is 0 Å². The van der Waals surface area contributed by atoms with Crippen LogP contribution in [0, 0.1) is 11.3 Å². The molecule has 0 aliphatic carbocycles. The number of rotatable bonds is 9. The number of amides is 1. The smallest absolute Gasteiger partial charge is 0.254 e. The number of carbonyl (C=O) groups is 1. The first-order chi connectivity index (χ1) is 17.6. The maximum absolute atomic E-state index is 13.0. The van der Waals surface area contributed by atoms with Gasteiger partial charge in [-0.25, -0.2) is 0 Å². The van der Waals surface area contributed by atoms with Crippen molar-refractivity contribution in [2.24, 2.45) is 0 Å². The van der Waals surface area contributed by atoms with Crippen molar-refractivity contribution in [3.8, 4) is 17.6 Å². The average molecular weight is 486 g/mol. The second-order valence-electron chi connectivity index (χ2n) is 8.71. The Balaban J connectivity index is 1.40. The number of nitrogens with zero attached hydrogens (tertiary/aromatic N) is 3. The van der Waals surface area contributed by atoms with Gasteiger partial charge in [-0.05, 0) is 53.6 Å². The van der Waals surface area contributed by atoms with Gasteiger partial charge in [0.05, 0.1) is 38.6 Å². The first-order valence-electron chi connectivity index (χ1n) is 12.0. The molecule has 0 unspecified atom stereocenters. The van der Waals surface area contributed by atoms with Crippen LogP contribution in [-0.2, 0) is 11.3 Å². The predicted molar refractivity (Wildman–Crippen MR) is 137 cm³/mol. The van der Waals surface area contributed by atoms with E-state index >= 15 is 0 Å². The van der Waals surface area contributed by atoms with Gasteiger partial charge in [0.1, 0.15) is 11.5 Å². The van der Waals surface area contributed by atoms with Gasteiger partial charge in [-0.2, -0.15) is 5.26 Å². The lowest BCUT2D eigenvalue weighted by molar-refractivity contribution is 0.00333. The van der Waals surface area contributed by atoms with Crippen LogP contribution in [0.4, 0.5) is 0 Å². The van der Waals surface area contributed by atoms with Crippen molar-refractivity contribution >= 4 is 5.91 Å². The molecule has 1 heterocycles. The maximum Gasteiger partial charge on any atom is 0.254 e. The Morgan fingerprint density at radius 3 is 2.25 bits per heavy atom. The average Bonchev–Trinajstić information content (AvgIpc) is 2.95. The molecule has 4 rings (SSSR count). The molecule has 0 radical (unpaired) electrons. The Bertz CT molecular complexity index is 1200. The van der Waals surface area contributed by atoms with E-state index in [-0.39, 0.29) is 12.0 Å². The number of hydrogen-bond donors (Lipinski definition) is 0. The van der Waals surface area contributed by atoms with Crippen LogP contribution in [0.1, 0.15) is 33.2 Å². The summed E-state index contributed by atoms with van der Waals surface area (Å²) in [6, 6.07) is 24.8. The molecule has 36 heavy (non-hydrogen) atoms. The third-order valence-corrected chi connectivity index (χ3v) is 6.40. The molecule has 3 aromatic carbocycles. The lowest BCUT2D eigenvalue weighted by atomic mass is 10.1. The number of piperazine rings is 1. The summed E-state index contributed by atoms with van der Waals surface area (Å²) in [6.07, 6.45) is -0.170. The number of ether oxygens (including phenoxy) is 3. The van der Waals surface area contributed by atoms with E-state index in [4.69, 9.17) is 19.5 Å². The van der Waals surface area contributed by atoms with Gasteiger partial charge in [-0.3, -0.25) is 9.69 Å². The fourth-order valence-corrected chi connectivity index (χ4v) is 4.28. The summed E-state index contributed by atoms with van der Waals surface area (Å²) < 4.78 is 17.1. The summed E-state index contributed by atoms with van der Waals surface area (Å²) >= 11 is 0. The summed E-state index contributed by atoms with van der Waals surface area (Å²) in [7, 11) is 3.26. The van der Waals surface area contributed by atoms with E-state index in [1.165, 1.54) is 0 Å². The summed E-state index contributed by atoms with van der Waals surface area (Å²) in [4.78, 5) is 17.2. The van der Waals surface area contributed by atoms with Crippen LogP contribution in [0.2, 0.25) is 0 Å². The molecular weight excluding hydrogens is 454 g/mol. The molecule has 186 valence electrons. The van der Waals surface area contributed by atoms with Crippen molar-refractivity contribution in [3.05, 3.63) is 95.1 Å². The molecule has 1 amide bonds. The minimum Gasteiger partial charge on any atom is -0.497 e. The van der Waals surface area contributed by atoms with Gasteiger partial charge in [0, 0.05) is 38.3 Å². The highest BCUT2D eigenvalue weighted by atomic mass is 16.5. The molecule has 0 spiro atoms. The number of benzene rings is 3. The van der Waals surface area contributed by atoms with E-state index in [0.717, 1.165) is 30.0 Å². The van der Waals surface area contributed by atoms with E-state index in [9.17, 15) is 4.79 Å². The molecular formula is C29H31N3O4. The van der Waals surface area contributed by atoms with E-state index in [1.54, 1.807) is 32.4 Å². The summed E-state index contributed by atoms with van der Waals surface area (Å²) in [5.41, 5.74) is 3.32. The monoisotopic (exact) mass is 485 g/mol. The molecule has 0 bridgehead atoms. The summed E-state index contributed by atoms with van der Waals surface area (Å²) in [5.74, 6) is 1.49. The van der Waals surface area contributed by atoms with Crippen molar-refractivity contribution in [1.29, 1.82) is 5.26 Å². The van der Waals surface area contributed by atoms with Crippen molar-refractivity contribution in [2.45, 2.75) is 12.7 Å². The molecule has 7 heteroatoms. The summed E-state index contributed by atoms with van der Waals surface area (Å²) in [6.45, 7) is 3.95. The fraction of sp³-hybridized carbons (Fsp3) is 0.310. The minimum atomic E-state index is -0.170. The van der Waals surface area contributed by atoms with Gasteiger partial charge in [-0.15, -0.1) is 0 Å². The zero-order valence-electron chi connectivity index (χ0n) is 20.7. The molecule has 0 N–H and O–H groups in total. The molecule has 1 aliphatic heterocycles. The second-order valence-corrected chi connectivity index (χ2v) is 8.71. The minimum absolute atomic E-state index is 0.0231. The third kappa shape index (κ3) is 6.42. The molecule has 3 aromatic rings. The van der Waals surface area contributed by atoms with Crippen molar-refractivity contribution in [1.82, 2.24) is 9.80 Å². The Kier molecular flexibility index (Phi) is 8.56. The highest BCUT2D eigenvalue weighted by Crippen LogP contribution is 2.25. The molecule has 1 fully saturated rings. The molecule has 0 aromatic heterocycles. The topological polar surface area (TPSA) is 75.0 Å². The zero-order chi connectivity index (χ0) is 25.3. The quantitative estimate of drug-likeness (QED) is 0.450. The second kappa shape index (κ2) is 12.2. The molecule has 0 saturated carbocycles. The van der Waals surface area contributed by atoms with Crippen LogP contribution in [0.3, 0.4) is 0 Å². The van der Waals surface area contributed by atoms with Crippen LogP contribution in [0.15, 0.2) is 72.8 Å². The van der Waals surface area contributed by atoms with Crippen molar-refractivity contribution in [3.63, 3.8) is 0 Å². The Labute approximate surface area is 212 Å². The first-order valence-corrected chi connectivity index (χ1v) is 12.0. The lowest BCUT2D eigenvalue weighted by Gasteiger charge is -2.36. The van der Waals surface area contributed by atoms with Gasteiger partial charge >= 0.3 is 0 Å². The van der Waals surface area contributed by atoms with E-state index in [1.807, 2.05) is 53.4 Å². The number of nitriles is 1. The van der Waals surface area contributed by atoms with Gasteiger partial charge < -0.3 is 19.1 Å². The van der Waals surface area contributed by atoms with Crippen LogP contribution < -0.4 is 9.47 Å². The maximum atomic E-state index is 13.0. The molecule has 1 atom stereocenters. The van der Waals surface area contributed by atoms with Crippen LogP contribution >= 0.6 is 0 Å². The van der Waals surface area contributed by atoms with Crippen molar-refractivity contribution in [2.75, 3.05) is 46.9 Å². The first kappa shape index (κ1) is 25.2. The highest BCUT2D eigenvalue weighted by Gasteiger charge is 2.25. The van der Waals surface area contributed by atoms with E-state index in [2.05, 4.69) is 17.0 Å². The normalized spacial score (nSPS) is 14.6. The number of methoxy groups -OCH3 is 2. The largest absolute Gasteiger partial charge is 0.497 e. The molecule has 1 saturated heterocycles. The summed E-state index contributed by atoms with van der Waals surface area (Å²) in [5, 5.41) is 9.04.